The lowest BCUT2D eigenvalue weighted by atomic mass is 10.0. The summed E-state index contributed by atoms with van der Waals surface area (Å²) in [6.45, 7) is 0.476. The maximum atomic E-state index is 11.4. The number of aromatic amines is 1. The first-order valence-electron chi connectivity index (χ1n) is 11.3. The third-order valence-electron chi connectivity index (χ3n) is 5.96. The van der Waals surface area contributed by atoms with Crippen LogP contribution in [0.15, 0.2) is 79.1 Å². The maximum absolute atomic E-state index is 11.4. The Kier molecular flexibility index (Phi) is 6.22. The average Bonchev–Trinajstić information content (AvgIpc) is 3.23. The van der Waals surface area contributed by atoms with Gasteiger partial charge in [0.05, 0.1) is 19.2 Å². The standard InChI is InChI=1S/C28H24N2O5/c1-33-24-14-15-29-17-23(24)21-11-5-10-20-22(27(30-26(20)21)35-28(31)32)12-6-16-34-25-13-4-8-18-7-2-3-9-19(18)25/h2-5,7-11,13-15,17,30H,6,12,16H2,1H3,(H,31,32). The third-order valence-corrected chi connectivity index (χ3v) is 5.96. The van der Waals surface area contributed by atoms with E-state index in [1.54, 1.807) is 25.6 Å². The van der Waals surface area contributed by atoms with E-state index in [1.807, 2.05) is 48.5 Å². The van der Waals surface area contributed by atoms with Crippen molar-refractivity contribution in [2.75, 3.05) is 13.7 Å². The molecule has 0 unspecified atom stereocenters. The second-order valence-electron chi connectivity index (χ2n) is 8.03. The summed E-state index contributed by atoms with van der Waals surface area (Å²) in [5.74, 6) is 1.72. The number of pyridine rings is 1. The van der Waals surface area contributed by atoms with Gasteiger partial charge in [0.1, 0.15) is 11.5 Å². The Bertz CT molecular complexity index is 1500. The van der Waals surface area contributed by atoms with Crippen LogP contribution < -0.4 is 14.2 Å². The molecule has 2 N–H and O–H groups in total. The lowest BCUT2D eigenvalue weighted by Crippen LogP contribution is -2.06. The first-order chi connectivity index (χ1) is 17.2. The Balaban J connectivity index is 1.43. The molecule has 5 rings (SSSR count). The number of benzene rings is 3. The molecule has 0 aliphatic heterocycles. The molecule has 0 saturated carbocycles. The Morgan fingerprint density at radius 2 is 1.74 bits per heavy atom. The summed E-state index contributed by atoms with van der Waals surface area (Å²) in [6, 6.07) is 21.7. The zero-order valence-corrected chi connectivity index (χ0v) is 19.2. The van der Waals surface area contributed by atoms with Crippen molar-refractivity contribution in [2.45, 2.75) is 12.8 Å². The van der Waals surface area contributed by atoms with Gasteiger partial charge in [-0.1, -0.05) is 54.6 Å². The largest absolute Gasteiger partial charge is 0.512 e. The van der Waals surface area contributed by atoms with Gasteiger partial charge in [-0.05, 0) is 30.4 Å². The zero-order valence-electron chi connectivity index (χ0n) is 19.2. The second kappa shape index (κ2) is 9.77. The highest BCUT2D eigenvalue weighted by Gasteiger charge is 2.19. The molecule has 0 amide bonds. The van der Waals surface area contributed by atoms with Crippen molar-refractivity contribution in [3.63, 3.8) is 0 Å². The molecule has 35 heavy (non-hydrogen) atoms. The molecule has 0 spiro atoms. The molecule has 176 valence electrons. The molecular weight excluding hydrogens is 444 g/mol. The quantitative estimate of drug-likeness (QED) is 0.200. The van der Waals surface area contributed by atoms with Crippen molar-refractivity contribution < 1.29 is 24.1 Å². The number of nitrogens with one attached hydrogen (secondary N) is 1. The highest BCUT2D eigenvalue weighted by atomic mass is 16.7. The van der Waals surface area contributed by atoms with Gasteiger partial charge in [-0.3, -0.25) is 4.98 Å². The number of methoxy groups -OCH3 is 1. The first kappa shape index (κ1) is 22.3. The lowest BCUT2D eigenvalue weighted by Gasteiger charge is -2.10. The van der Waals surface area contributed by atoms with Gasteiger partial charge in [0.15, 0.2) is 0 Å². The van der Waals surface area contributed by atoms with E-state index in [9.17, 15) is 9.90 Å². The first-order valence-corrected chi connectivity index (χ1v) is 11.3. The number of rotatable bonds is 8. The summed E-state index contributed by atoms with van der Waals surface area (Å²) in [4.78, 5) is 18.8. The number of carbonyl (C=O) groups is 1. The predicted octanol–water partition coefficient (Wildman–Crippen LogP) is 6.46. The van der Waals surface area contributed by atoms with Gasteiger partial charge in [0.25, 0.3) is 0 Å². The molecule has 5 aromatic rings. The Hall–Kier alpha value is -4.52. The maximum Gasteiger partial charge on any atom is 0.512 e. The number of H-pyrrole nitrogens is 1. The Labute approximate surface area is 201 Å². The van der Waals surface area contributed by atoms with E-state index in [1.165, 1.54) is 0 Å². The number of ether oxygens (including phenoxy) is 3. The molecule has 0 saturated heterocycles. The van der Waals surface area contributed by atoms with Gasteiger partial charge in [0.2, 0.25) is 5.88 Å². The number of fused-ring (bicyclic) bond motifs is 2. The van der Waals surface area contributed by atoms with Crippen LogP contribution >= 0.6 is 0 Å². The minimum absolute atomic E-state index is 0.216. The minimum atomic E-state index is -1.37. The van der Waals surface area contributed by atoms with E-state index >= 15 is 0 Å². The molecule has 0 aliphatic rings. The van der Waals surface area contributed by atoms with E-state index in [-0.39, 0.29) is 5.88 Å². The number of para-hydroxylation sites is 1. The van der Waals surface area contributed by atoms with Crippen LogP contribution in [0.1, 0.15) is 12.0 Å². The van der Waals surface area contributed by atoms with Gasteiger partial charge in [-0.2, -0.15) is 0 Å². The zero-order chi connectivity index (χ0) is 24.2. The Morgan fingerprint density at radius 3 is 2.60 bits per heavy atom. The molecule has 0 radical (unpaired) electrons. The van der Waals surface area contributed by atoms with E-state index in [4.69, 9.17) is 14.2 Å². The van der Waals surface area contributed by atoms with E-state index in [2.05, 4.69) is 22.1 Å². The van der Waals surface area contributed by atoms with Gasteiger partial charge in [-0.15, -0.1) is 0 Å². The summed E-state index contributed by atoms with van der Waals surface area (Å²) in [5.41, 5.74) is 3.20. The fourth-order valence-electron chi connectivity index (χ4n) is 4.41. The molecule has 2 aromatic heterocycles. The van der Waals surface area contributed by atoms with Crippen LogP contribution in [0.2, 0.25) is 0 Å². The van der Waals surface area contributed by atoms with Crippen molar-refractivity contribution in [1.82, 2.24) is 9.97 Å². The molecule has 7 nitrogen and oxygen atoms in total. The van der Waals surface area contributed by atoms with Gasteiger partial charge in [-0.25, -0.2) is 4.79 Å². The van der Waals surface area contributed by atoms with Crippen LogP contribution in [0, 0.1) is 0 Å². The highest BCUT2D eigenvalue weighted by Crippen LogP contribution is 2.38. The number of carboxylic acid groups (broad SMARTS) is 1. The van der Waals surface area contributed by atoms with Gasteiger partial charge >= 0.3 is 6.16 Å². The number of hydrogen-bond acceptors (Lipinski definition) is 5. The molecule has 3 aromatic carbocycles. The van der Waals surface area contributed by atoms with Gasteiger partial charge < -0.3 is 24.3 Å². The number of aromatic nitrogens is 2. The summed E-state index contributed by atoms with van der Waals surface area (Å²) in [7, 11) is 1.61. The summed E-state index contributed by atoms with van der Waals surface area (Å²) >= 11 is 0. The number of nitrogens with zero attached hydrogens (tertiary/aromatic N) is 1. The number of hydrogen-bond donors (Lipinski definition) is 2. The fourth-order valence-corrected chi connectivity index (χ4v) is 4.41. The lowest BCUT2D eigenvalue weighted by molar-refractivity contribution is 0.142. The third kappa shape index (κ3) is 4.48. The highest BCUT2D eigenvalue weighted by molar-refractivity contribution is 5.99. The van der Waals surface area contributed by atoms with Crippen LogP contribution in [0.3, 0.4) is 0 Å². The minimum Gasteiger partial charge on any atom is -0.496 e. The molecule has 0 bridgehead atoms. The van der Waals surface area contributed by atoms with Crippen molar-refractivity contribution in [3.05, 3.63) is 84.7 Å². The van der Waals surface area contributed by atoms with Crippen LogP contribution in [-0.4, -0.2) is 34.9 Å². The monoisotopic (exact) mass is 468 g/mol. The van der Waals surface area contributed by atoms with Crippen molar-refractivity contribution in [2.24, 2.45) is 0 Å². The normalized spacial score (nSPS) is 11.0. The smallest absolute Gasteiger partial charge is 0.496 e. The van der Waals surface area contributed by atoms with Crippen LogP contribution in [-0.2, 0) is 6.42 Å². The topological polar surface area (TPSA) is 93.7 Å². The number of aryl methyl sites for hydroxylation is 1. The van der Waals surface area contributed by atoms with Crippen LogP contribution in [0.5, 0.6) is 17.4 Å². The van der Waals surface area contributed by atoms with E-state index in [0.29, 0.717) is 25.2 Å². The van der Waals surface area contributed by atoms with Crippen molar-refractivity contribution in [1.29, 1.82) is 0 Å². The Morgan fingerprint density at radius 1 is 0.943 bits per heavy atom. The summed E-state index contributed by atoms with van der Waals surface area (Å²) in [6.07, 6.45) is 3.26. The molecule has 2 heterocycles. The molecule has 0 aliphatic carbocycles. The molecule has 7 heteroatoms. The summed E-state index contributed by atoms with van der Waals surface area (Å²) < 4.78 is 16.7. The second-order valence-corrected chi connectivity index (χ2v) is 8.03. The van der Waals surface area contributed by atoms with Crippen LogP contribution in [0.25, 0.3) is 32.8 Å². The SMILES string of the molecule is COc1ccncc1-c1cccc2c(CCCOc3cccc4ccccc34)c(OC(=O)O)[nH]c12. The van der Waals surface area contributed by atoms with E-state index in [0.717, 1.165) is 44.1 Å². The van der Waals surface area contributed by atoms with E-state index < -0.39 is 6.16 Å². The fraction of sp³-hybridized carbons (Fsp3) is 0.143. The summed E-state index contributed by atoms with van der Waals surface area (Å²) in [5, 5.41) is 12.4. The predicted molar refractivity (Wildman–Crippen MR) is 134 cm³/mol. The van der Waals surface area contributed by atoms with Crippen molar-refractivity contribution in [3.8, 4) is 28.5 Å². The average molecular weight is 469 g/mol. The molecular formula is C28H24N2O5. The molecule has 0 atom stereocenters. The van der Waals surface area contributed by atoms with Crippen LogP contribution in [0.4, 0.5) is 4.79 Å². The molecule has 0 fully saturated rings. The van der Waals surface area contributed by atoms with Gasteiger partial charge in [0, 0.05) is 39.9 Å². The van der Waals surface area contributed by atoms with Crippen molar-refractivity contribution >= 4 is 27.8 Å².